The lowest BCUT2D eigenvalue weighted by molar-refractivity contribution is -0.116. The molecule has 0 saturated heterocycles. The van der Waals surface area contributed by atoms with Crippen LogP contribution in [0.15, 0.2) is 46.8 Å². The topological polar surface area (TPSA) is 87.8 Å². The van der Waals surface area contributed by atoms with E-state index in [2.05, 4.69) is 10.3 Å². The van der Waals surface area contributed by atoms with E-state index < -0.39 is 5.91 Å². The maximum Gasteiger partial charge on any atom is 0.263 e. The van der Waals surface area contributed by atoms with Crippen LogP contribution >= 0.6 is 34.3 Å². The molecule has 0 radical (unpaired) electrons. The van der Waals surface area contributed by atoms with E-state index >= 15 is 0 Å². The first-order chi connectivity index (χ1) is 14.0. The summed E-state index contributed by atoms with van der Waals surface area (Å²) in [4.78, 5) is 32.6. The summed E-state index contributed by atoms with van der Waals surface area (Å²) in [7, 11) is 0. The zero-order valence-corrected chi connectivity index (χ0v) is 17.5. The van der Waals surface area contributed by atoms with Crippen LogP contribution in [0.1, 0.15) is 10.4 Å². The smallest absolute Gasteiger partial charge is 0.263 e. The fraction of sp³-hybridized carbons (Fsp3) is 0.100. The number of anilines is 1. The Balaban J connectivity index is 1.62. The van der Waals surface area contributed by atoms with Crippen molar-refractivity contribution < 1.29 is 4.79 Å². The number of halogens is 1. The van der Waals surface area contributed by atoms with Gasteiger partial charge in [-0.25, -0.2) is 4.98 Å². The van der Waals surface area contributed by atoms with Gasteiger partial charge in [-0.15, -0.1) is 22.7 Å². The van der Waals surface area contributed by atoms with Crippen LogP contribution in [0.25, 0.3) is 20.7 Å². The molecule has 0 unspecified atom stereocenters. The molecule has 4 aromatic rings. The first-order valence-corrected chi connectivity index (χ1v) is 10.6. The highest BCUT2D eigenvalue weighted by molar-refractivity contribution is 7.19. The Morgan fingerprint density at radius 1 is 1.34 bits per heavy atom. The zero-order valence-electron chi connectivity index (χ0n) is 15.1. The molecule has 1 aromatic carbocycles. The van der Waals surface area contributed by atoms with E-state index in [1.807, 2.05) is 30.5 Å². The number of carbonyl (C=O) groups excluding carboxylic acids is 1. The third-order valence-corrected chi connectivity index (χ3v) is 6.49. The van der Waals surface area contributed by atoms with Gasteiger partial charge in [-0.1, -0.05) is 11.6 Å². The van der Waals surface area contributed by atoms with Crippen molar-refractivity contribution in [3.8, 4) is 16.5 Å². The minimum atomic E-state index is -0.391. The Labute approximate surface area is 178 Å². The Hall–Kier alpha value is -2.99. The summed E-state index contributed by atoms with van der Waals surface area (Å²) >= 11 is 9.01. The molecule has 0 bridgehead atoms. The molecule has 0 aliphatic heterocycles. The molecular formula is C20H13ClN4O2S2. The van der Waals surface area contributed by atoms with E-state index in [4.69, 9.17) is 16.9 Å². The molecule has 0 aliphatic carbocycles. The fourth-order valence-electron chi connectivity index (χ4n) is 2.88. The third kappa shape index (κ3) is 3.80. The average Bonchev–Trinajstić information content (AvgIpc) is 3.30. The minimum absolute atomic E-state index is 0.182. The molecule has 3 aromatic heterocycles. The van der Waals surface area contributed by atoms with E-state index in [0.29, 0.717) is 21.5 Å². The van der Waals surface area contributed by atoms with Crippen LogP contribution in [0, 0.1) is 18.3 Å². The SMILES string of the molecule is Cc1ccc(-c2csc3ncn(CC(=O)Nc4ccc(C#N)c(Cl)c4)c(=O)c23)s1. The van der Waals surface area contributed by atoms with E-state index in [1.54, 1.807) is 17.4 Å². The van der Waals surface area contributed by atoms with Gasteiger partial charge < -0.3 is 5.32 Å². The maximum absolute atomic E-state index is 13.0. The minimum Gasteiger partial charge on any atom is -0.324 e. The summed E-state index contributed by atoms with van der Waals surface area (Å²) < 4.78 is 1.29. The van der Waals surface area contributed by atoms with Gasteiger partial charge in [0.25, 0.3) is 5.56 Å². The number of nitrogens with zero attached hydrogens (tertiary/aromatic N) is 3. The number of aryl methyl sites for hydroxylation is 1. The summed E-state index contributed by atoms with van der Waals surface area (Å²) in [5, 5.41) is 14.3. The van der Waals surface area contributed by atoms with Gasteiger partial charge in [-0.3, -0.25) is 14.2 Å². The van der Waals surface area contributed by atoms with Crippen molar-refractivity contribution in [3.05, 3.63) is 67.9 Å². The van der Waals surface area contributed by atoms with Gasteiger partial charge in [-0.05, 0) is 37.3 Å². The second-order valence-corrected chi connectivity index (χ2v) is 8.83. The molecule has 0 saturated carbocycles. The van der Waals surface area contributed by atoms with Crippen LogP contribution in [0.2, 0.25) is 5.02 Å². The van der Waals surface area contributed by atoms with Crippen molar-refractivity contribution in [2.24, 2.45) is 0 Å². The van der Waals surface area contributed by atoms with Crippen molar-refractivity contribution in [2.75, 3.05) is 5.32 Å². The predicted molar refractivity (Wildman–Crippen MR) is 117 cm³/mol. The summed E-state index contributed by atoms with van der Waals surface area (Å²) in [5.74, 6) is -0.391. The summed E-state index contributed by atoms with van der Waals surface area (Å²) in [6.07, 6.45) is 1.38. The number of aromatic nitrogens is 2. The van der Waals surface area contributed by atoms with Crippen molar-refractivity contribution in [2.45, 2.75) is 13.5 Å². The van der Waals surface area contributed by atoms with E-state index in [1.165, 1.54) is 34.4 Å². The second kappa shape index (κ2) is 7.79. The van der Waals surface area contributed by atoms with Crippen LogP contribution < -0.4 is 10.9 Å². The third-order valence-electron chi connectivity index (χ3n) is 4.25. The van der Waals surface area contributed by atoms with Crippen molar-refractivity contribution in [1.29, 1.82) is 5.26 Å². The van der Waals surface area contributed by atoms with Gasteiger partial charge in [0, 0.05) is 26.4 Å². The van der Waals surface area contributed by atoms with Crippen LogP contribution in [0.5, 0.6) is 0 Å². The van der Waals surface area contributed by atoms with Crippen molar-refractivity contribution in [3.63, 3.8) is 0 Å². The van der Waals surface area contributed by atoms with Gasteiger partial charge in [0.1, 0.15) is 17.4 Å². The number of nitrogens with one attached hydrogen (secondary N) is 1. The highest BCUT2D eigenvalue weighted by Crippen LogP contribution is 2.34. The Kier molecular flexibility index (Phi) is 5.20. The molecule has 0 spiro atoms. The summed E-state index contributed by atoms with van der Waals surface area (Å²) in [5.41, 5.74) is 1.36. The molecule has 3 heterocycles. The molecule has 1 amide bonds. The molecule has 6 nitrogen and oxygen atoms in total. The lowest BCUT2D eigenvalue weighted by atomic mass is 10.2. The van der Waals surface area contributed by atoms with Crippen LogP contribution in [0.4, 0.5) is 5.69 Å². The highest BCUT2D eigenvalue weighted by Gasteiger charge is 2.16. The molecule has 0 fully saturated rings. The van der Waals surface area contributed by atoms with Crippen molar-refractivity contribution in [1.82, 2.24) is 9.55 Å². The number of fused-ring (bicyclic) bond motifs is 1. The number of thiophene rings is 2. The molecule has 4 rings (SSSR count). The Bertz CT molecular complexity index is 1350. The van der Waals surface area contributed by atoms with Crippen molar-refractivity contribution >= 4 is 56.1 Å². The van der Waals surface area contributed by atoms with E-state index in [0.717, 1.165) is 15.3 Å². The van der Waals surface area contributed by atoms with Gasteiger partial charge >= 0.3 is 0 Å². The van der Waals surface area contributed by atoms with Crippen LogP contribution in [0.3, 0.4) is 0 Å². The van der Waals surface area contributed by atoms with E-state index in [9.17, 15) is 9.59 Å². The number of rotatable bonds is 4. The molecule has 0 aliphatic rings. The lowest BCUT2D eigenvalue weighted by Crippen LogP contribution is -2.27. The normalized spacial score (nSPS) is 10.8. The molecule has 0 atom stereocenters. The molecule has 9 heteroatoms. The molecular weight excluding hydrogens is 428 g/mol. The Morgan fingerprint density at radius 3 is 2.86 bits per heavy atom. The largest absolute Gasteiger partial charge is 0.324 e. The first kappa shape index (κ1) is 19.3. The second-order valence-electron chi connectivity index (χ2n) is 6.27. The molecule has 29 heavy (non-hydrogen) atoms. The predicted octanol–water partition coefficient (Wildman–Crippen LogP) is 4.66. The summed E-state index contributed by atoms with van der Waals surface area (Å²) in [6, 6.07) is 10.6. The molecule has 144 valence electrons. The number of benzene rings is 1. The number of hydrogen-bond acceptors (Lipinski definition) is 6. The van der Waals surface area contributed by atoms with Gasteiger partial charge in [0.15, 0.2) is 0 Å². The Morgan fingerprint density at radius 2 is 2.17 bits per heavy atom. The summed E-state index contributed by atoms with van der Waals surface area (Å²) in [6.45, 7) is 1.83. The highest BCUT2D eigenvalue weighted by atomic mass is 35.5. The average molecular weight is 441 g/mol. The lowest BCUT2D eigenvalue weighted by Gasteiger charge is -2.08. The standard InChI is InChI=1S/C20H13ClN4O2S2/c1-11-2-5-16(29-11)14-9-28-19-18(14)20(27)25(10-23-19)8-17(26)24-13-4-3-12(7-22)15(21)6-13/h2-6,9-10H,8H2,1H3,(H,24,26). The number of hydrogen-bond donors (Lipinski definition) is 1. The van der Waals surface area contributed by atoms with Gasteiger partial charge in [0.2, 0.25) is 5.91 Å². The maximum atomic E-state index is 13.0. The fourth-order valence-corrected chi connectivity index (χ4v) is 4.96. The van der Waals surface area contributed by atoms with E-state index in [-0.39, 0.29) is 17.1 Å². The molecule has 1 N–H and O–H groups in total. The number of carbonyl (C=O) groups is 1. The van der Waals surface area contributed by atoms with Gasteiger partial charge in [0.05, 0.1) is 22.3 Å². The van der Waals surface area contributed by atoms with Crippen LogP contribution in [-0.2, 0) is 11.3 Å². The quantitative estimate of drug-likeness (QED) is 0.500. The van der Waals surface area contributed by atoms with Gasteiger partial charge in [-0.2, -0.15) is 5.26 Å². The monoisotopic (exact) mass is 440 g/mol. The zero-order chi connectivity index (χ0) is 20.5. The number of amides is 1. The van der Waals surface area contributed by atoms with Crippen LogP contribution in [-0.4, -0.2) is 15.5 Å². The first-order valence-electron chi connectivity index (χ1n) is 8.49. The number of nitriles is 1.